The van der Waals surface area contributed by atoms with Crippen molar-refractivity contribution < 1.29 is 0 Å². The van der Waals surface area contributed by atoms with Crippen LogP contribution in [0.3, 0.4) is 0 Å². The maximum atomic E-state index is 2.43. The van der Waals surface area contributed by atoms with Gasteiger partial charge < -0.3 is 4.90 Å². The van der Waals surface area contributed by atoms with Crippen LogP contribution in [0, 0.1) is 0 Å². The molecular weight excluding hydrogens is 795 g/mol. The second kappa shape index (κ2) is 17.5. The fourth-order valence-corrected chi connectivity index (χ4v) is 10.2. The molecule has 0 fully saturated rings. The van der Waals surface area contributed by atoms with Gasteiger partial charge in [-0.15, -0.1) is 0 Å². The Morgan fingerprint density at radius 3 is 1.33 bits per heavy atom. The van der Waals surface area contributed by atoms with E-state index >= 15 is 0 Å². The molecule has 11 rings (SSSR count). The van der Waals surface area contributed by atoms with Crippen LogP contribution in [0.1, 0.15) is 47.6 Å². The lowest BCUT2D eigenvalue weighted by molar-refractivity contribution is 0.660. The molecule has 0 spiro atoms. The Balaban J connectivity index is 0.953. The summed E-state index contributed by atoms with van der Waals surface area (Å²) in [6.07, 6.45) is 0.864. The van der Waals surface area contributed by atoms with E-state index in [1.165, 1.54) is 83.5 Å². The van der Waals surface area contributed by atoms with Crippen LogP contribution in [0.4, 0.5) is 17.1 Å². The summed E-state index contributed by atoms with van der Waals surface area (Å²) >= 11 is 0. The van der Waals surface area contributed by atoms with Crippen LogP contribution in [0.5, 0.6) is 0 Å². The van der Waals surface area contributed by atoms with Gasteiger partial charge in [-0.1, -0.05) is 232 Å². The molecule has 0 N–H and O–H groups in total. The van der Waals surface area contributed by atoms with Gasteiger partial charge in [-0.2, -0.15) is 0 Å². The van der Waals surface area contributed by atoms with E-state index in [1.807, 2.05) is 0 Å². The van der Waals surface area contributed by atoms with E-state index in [-0.39, 0.29) is 11.3 Å². The summed E-state index contributed by atoms with van der Waals surface area (Å²) in [5.74, 6) is 0.163. The maximum absolute atomic E-state index is 2.43. The van der Waals surface area contributed by atoms with Crippen LogP contribution in [-0.2, 0) is 11.8 Å². The molecule has 0 saturated heterocycles. The molecule has 0 atom stereocenters. The molecule has 0 bridgehead atoms. The lowest BCUT2D eigenvalue weighted by Gasteiger charge is -2.28. The van der Waals surface area contributed by atoms with Gasteiger partial charge in [0, 0.05) is 28.4 Å². The van der Waals surface area contributed by atoms with Gasteiger partial charge >= 0.3 is 0 Å². The molecule has 316 valence electrons. The minimum atomic E-state index is -0.0891. The Hall–Kier alpha value is -8.00. The zero-order chi connectivity index (χ0) is 44.5. The van der Waals surface area contributed by atoms with Crippen LogP contribution in [-0.4, -0.2) is 0 Å². The van der Waals surface area contributed by atoms with E-state index in [2.05, 4.69) is 274 Å². The smallest absolute Gasteiger partial charge is 0.0465 e. The van der Waals surface area contributed by atoms with Crippen molar-refractivity contribution in [2.24, 2.45) is 0 Å². The van der Waals surface area contributed by atoms with Gasteiger partial charge in [0.25, 0.3) is 0 Å². The summed E-state index contributed by atoms with van der Waals surface area (Å²) in [5, 5.41) is 0. The minimum absolute atomic E-state index is 0.0891. The fraction of sp³-hybridized carbons (Fsp3) is 0.0769. The van der Waals surface area contributed by atoms with Crippen molar-refractivity contribution in [3.63, 3.8) is 0 Å². The van der Waals surface area contributed by atoms with Crippen molar-refractivity contribution in [1.82, 2.24) is 0 Å². The van der Waals surface area contributed by atoms with Crippen LogP contribution < -0.4 is 4.90 Å². The summed E-state index contributed by atoms with van der Waals surface area (Å²) in [4.78, 5) is 2.39. The summed E-state index contributed by atoms with van der Waals surface area (Å²) in [7, 11) is 0. The largest absolute Gasteiger partial charge is 0.310 e. The number of benzene rings is 10. The van der Waals surface area contributed by atoms with Crippen molar-refractivity contribution >= 4 is 17.1 Å². The molecule has 1 heteroatoms. The highest BCUT2D eigenvalue weighted by Gasteiger charge is 2.35. The molecule has 0 saturated carbocycles. The number of rotatable bonds is 11. The molecule has 0 amide bonds. The normalized spacial score (nSPS) is 12.4. The Bertz CT molecular complexity index is 3160. The van der Waals surface area contributed by atoms with Crippen molar-refractivity contribution in [2.45, 2.75) is 31.6 Å². The van der Waals surface area contributed by atoms with Crippen LogP contribution in [0.15, 0.2) is 255 Å². The topological polar surface area (TPSA) is 3.24 Å². The first-order valence-electron chi connectivity index (χ1n) is 23.2. The summed E-state index contributed by atoms with van der Waals surface area (Å²) in [5.41, 5.74) is 22.4. The maximum Gasteiger partial charge on any atom is 0.0465 e. The van der Waals surface area contributed by atoms with Gasteiger partial charge in [0.2, 0.25) is 0 Å². The zero-order valence-corrected chi connectivity index (χ0v) is 37.5. The van der Waals surface area contributed by atoms with E-state index in [0.717, 1.165) is 23.5 Å². The fourth-order valence-electron chi connectivity index (χ4n) is 10.2. The monoisotopic (exact) mass is 845 g/mol. The molecule has 1 nitrogen and oxygen atoms in total. The molecular formula is C65H51N. The Labute approximate surface area is 390 Å². The van der Waals surface area contributed by atoms with E-state index in [4.69, 9.17) is 0 Å². The second-order valence-electron chi connectivity index (χ2n) is 18.1. The molecule has 1 aliphatic carbocycles. The third kappa shape index (κ3) is 7.84. The van der Waals surface area contributed by atoms with E-state index in [1.54, 1.807) is 0 Å². The number of hydrogen-bond acceptors (Lipinski definition) is 1. The van der Waals surface area contributed by atoms with Gasteiger partial charge in [-0.05, 0) is 126 Å². The Kier molecular flexibility index (Phi) is 10.8. The molecule has 0 aromatic heterocycles. The first kappa shape index (κ1) is 40.8. The average Bonchev–Trinajstić information content (AvgIpc) is 3.62. The number of anilines is 3. The van der Waals surface area contributed by atoms with Gasteiger partial charge in [0.1, 0.15) is 0 Å². The van der Waals surface area contributed by atoms with Gasteiger partial charge in [-0.25, -0.2) is 0 Å². The number of nitrogens with zero attached hydrogens (tertiary/aromatic N) is 1. The van der Waals surface area contributed by atoms with E-state index in [0.29, 0.717) is 0 Å². The standard InChI is InChI=1S/C65H51N/c1-65(2)63-26-16-15-25-59(63)60-42-40-57(45-64(60)65)66(55-23-13-6-14-24-55)56-38-36-52(37-39-56)58-41-27-46(44-62(58)51-21-11-5-12-22-51)43-61(53-32-28-49(29-33-53)47-17-7-3-8-18-47)54-34-30-50(31-35-54)48-19-9-4-10-20-48/h3-42,44-45,61H,43H2,1-2H3. The van der Waals surface area contributed by atoms with Crippen molar-refractivity contribution in [2.75, 3.05) is 4.90 Å². The first-order chi connectivity index (χ1) is 32.5. The molecule has 0 unspecified atom stereocenters. The molecule has 1 aliphatic rings. The third-order valence-electron chi connectivity index (χ3n) is 13.7. The minimum Gasteiger partial charge on any atom is -0.310 e. The van der Waals surface area contributed by atoms with Crippen molar-refractivity contribution in [1.29, 1.82) is 0 Å². The van der Waals surface area contributed by atoms with Gasteiger partial charge in [0.15, 0.2) is 0 Å². The first-order valence-corrected chi connectivity index (χ1v) is 23.2. The third-order valence-corrected chi connectivity index (χ3v) is 13.7. The predicted octanol–water partition coefficient (Wildman–Crippen LogP) is 17.5. The van der Waals surface area contributed by atoms with Crippen LogP contribution >= 0.6 is 0 Å². The average molecular weight is 846 g/mol. The van der Waals surface area contributed by atoms with Crippen LogP contribution in [0.2, 0.25) is 0 Å². The van der Waals surface area contributed by atoms with E-state index < -0.39 is 0 Å². The molecule has 0 aliphatic heterocycles. The molecule has 10 aromatic carbocycles. The van der Waals surface area contributed by atoms with Gasteiger partial charge in [0.05, 0.1) is 0 Å². The highest BCUT2D eigenvalue weighted by molar-refractivity contribution is 5.88. The van der Waals surface area contributed by atoms with Gasteiger partial charge in [-0.3, -0.25) is 0 Å². The zero-order valence-electron chi connectivity index (χ0n) is 37.5. The lowest BCUT2D eigenvalue weighted by atomic mass is 9.82. The molecule has 0 heterocycles. The second-order valence-corrected chi connectivity index (χ2v) is 18.1. The SMILES string of the molecule is CC1(C)c2ccccc2-c2ccc(N(c3ccccc3)c3ccc(-c4ccc(CC(c5ccc(-c6ccccc6)cc5)c5ccc(-c6ccccc6)cc5)cc4-c4ccccc4)cc3)cc21. The van der Waals surface area contributed by atoms with Crippen molar-refractivity contribution in [3.05, 3.63) is 283 Å². The Morgan fingerprint density at radius 1 is 0.318 bits per heavy atom. The molecule has 0 radical (unpaired) electrons. The number of hydrogen-bond donors (Lipinski definition) is 0. The quantitative estimate of drug-likeness (QED) is 0.125. The predicted molar refractivity (Wildman–Crippen MR) is 279 cm³/mol. The lowest BCUT2D eigenvalue weighted by Crippen LogP contribution is -2.16. The highest BCUT2D eigenvalue weighted by Crippen LogP contribution is 2.51. The molecule has 10 aromatic rings. The molecule has 66 heavy (non-hydrogen) atoms. The number of para-hydroxylation sites is 1. The highest BCUT2D eigenvalue weighted by atomic mass is 15.1. The Morgan fingerprint density at radius 2 is 0.742 bits per heavy atom. The summed E-state index contributed by atoms with van der Waals surface area (Å²) < 4.78 is 0. The van der Waals surface area contributed by atoms with E-state index in [9.17, 15) is 0 Å². The summed E-state index contributed by atoms with van der Waals surface area (Å²) in [6.45, 7) is 4.71. The number of fused-ring (bicyclic) bond motifs is 3. The van der Waals surface area contributed by atoms with Crippen molar-refractivity contribution in [3.8, 4) is 55.6 Å². The van der Waals surface area contributed by atoms with Crippen LogP contribution in [0.25, 0.3) is 55.6 Å². The summed E-state index contributed by atoms with van der Waals surface area (Å²) in [6, 6.07) is 93.5.